The molecule has 0 amide bonds. The Morgan fingerprint density at radius 2 is 1.93 bits per heavy atom. The van der Waals surface area contributed by atoms with E-state index in [9.17, 15) is 9.90 Å². The molecule has 1 aliphatic rings. The maximum atomic E-state index is 11.3. The molecule has 1 aliphatic carbocycles. The summed E-state index contributed by atoms with van der Waals surface area (Å²) >= 11 is 0. The fourth-order valence-electron chi connectivity index (χ4n) is 2.13. The first-order valence-electron chi connectivity index (χ1n) is 4.84. The van der Waals surface area contributed by atoms with Crippen LogP contribution in [-0.4, -0.2) is 43.4 Å². The minimum atomic E-state index is -0.642. The predicted octanol–water partition coefficient (Wildman–Crippen LogP) is 0.376. The summed E-state index contributed by atoms with van der Waals surface area (Å²) in [4.78, 5) is 11.3. The van der Waals surface area contributed by atoms with Crippen LogP contribution in [0.3, 0.4) is 0 Å². The van der Waals surface area contributed by atoms with Crippen LogP contribution >= 0.6 is 0 Å². The lowest BCUT2D eigenvalue weighted by molar-refractivity contribution is -0.142. The number of rotatable bonds is 3. The molecule has 0 radical (unpaired) electrons. The third-order valence-electron chi connectivity index (χ3n) is 2.92. The second-order valence-electron chi connectivity index (χ2n) is 3.81. The van der Waals surface area contributed by atoms with Crippen molar-refractivity contribution >= 4 is 5.78 Å². The Labute approximate surface area is 84.2 Å². The fraction of sp³-hybridized carbons (Fsp3) is 0.900. The van der Waals surface area contributed by atoms with Gasteiger partial charge in [0.05, 0.1) is 24.2 Å². The van der Waals surface area contributed by atoms with Gasteiger partial charge in [0.2, 0.25) is 0 Å². The van der Waals surface area contributed by atoms with Gasteiger partial charge in [0, 0.05) is 27.1 Å². The molecular formula is C10H18O4. The van der Waals surface area contributed by atoms with Crippen LogP contribution in [0.4, 0.5) is 0 Å². The van der Waals surface area contributed by atoms with Gasteiger partial charge >= 0.3 is 0 Å². The lowest BCUT2D eigenvalue weighted by Gasteiger charge is -2.36. The van der Waals surface area contributed by atoms with Crippen molar-refractivity contribution in [3.8, 4) is 0 Å². The molecule has 1 rings (SSSR count). The monoisotopic (exact) mass is 202 g/mol. The number of methoxy groups -OCH3 is 2. The molecule has 14 heavy (non-hydrogen) atoms. The molecule has 4 unspecified atom stereocenters. The van der Waals surface area contributed by atoms with Crippen LogP contribution in [0.15, 0.2) is 0 Å². The zero-order chi connectivity index (χ0) is 10.7. The van der Waals surface area contributed by atoms with Crippen molar-refractivity contribution in [2.45, 2.75) is 38.1 Å². The first-order chi connectivity index (χ1) is 6.60. The number of ketones is 1. The molecule has 0 saturated heterocycles. The molecule has 82 valence electrons. The first-order valence-corrected chi connectivity index (χ1v) is 4.84. The minimum Gasteiger partial charge on any atom is -0.392 e. The number of aliphatic hydroxyl groups is 1. The van der Waals surface area contributed by atoms with E-state index in [1.54, 1.807) is 14.2 Å². The Bertz CT molecular complexity index is 204. The SMILES string of the molecule is COC1CC(O)C(C(C)=O)C(OC)C1. The van der Waals surface area contributed by atoms with E-state index in [1.165, 1.54) is 6.92 Å². The maximum absolute atomic E-state index is 11.3. The summed E-state index contributed by atoms with van der Waals surface area (Å²) in [7, 11) is 3.17. The number of hydrogen-bond acceptors (Lipinski definition) is 4. The standard InChI is InChI=1S/C10H18O4/c1-6(11)10-8(12)4-7(13-2)5-9(10)14-3/h7-10,12H,4-5H2,1-3H3. The normalized spacial score (nSPS) is 38.3. The molecule has 0 aromatic heterocycles. The molecule has 1 fully saturated rings. The van der Waals surface area contributed by atoms with Gasteiger partial charge in [-0.25, -0.2) is 0 Å². The first kappa shape index (κ1) is 11.6. The van der Waals surface area contributed by atoms with E-state index in [2.05, 4.69) is 0 Å². The highest BCUT2D eigenvalue weighted by Crippen LogP contribution is 2.29. The second kappa shape index (κ2) is 4.87. The minimum absolute atomic E-state index is 0.00875. The summed E-state index contributed by atoms with van der Waals surface area (Å²) in [6.07, 6.45) is 0.317. The number of ether oxygens (including phenoxy) is 2. The van der Waals surface area contributed by atoms with Crippen molar-refractivity contribution in [3.05, 3.63) is 0 Å². The van der Waals surface area contributed by atoms with Crippen LogP contribution in [0, 0.1) is 5.92 Å². The Hall–Kier alpha value is -0.450. The highest BCUT2D eigenvalue weighted by Gasteiger charge is 2.39. The van der Waals surface area contributed by atoms with Gasteiger partial charge in [-0.05, 0) is 6.92 Å². The van der Waals surface area contributed by atoms with Crippen molar-refractivity contribution in [1.29, 1.82) is 0 Å². The number of aliphatic hydroxyl groups excluding tert-OH is 1. The zero-order valence-electron chi connectivity index (χ0n) is 8.90. The van der Waals surface area contributed by atoms with Gasteiger partial charge in [0.15, 0.2) is 0 Å². The van der Waals surface area contributed by atoms with Crippen molar-refractivity contribution < 1.29 is 19.4 Å². The van der Waals surface area contributed by atoms with Gasteiger partial charge in [-0.15, -0.1) is 0 Å². The summed E-state index contributed by atoms with van der Waals surface area (Å²) in [6.45, 7) is 1.49. The largest absolute Gasteiger partial charge is 0.392 e. The lowest BCUT2D eigenvalue weighted by Crippen LogP contribution is -2.46. The van der Waals surface area contributed by atoms with Crippen LogP contribution in [0.25, 0.3) is 0 Å². The molecular weight excluding hydrogens is 184 g/mol. The number of Topliss-reactive ketones (excluding diaryl/α,β-unsaturated/α-hetero) is 1. The van der Waals surface area contributed by atoms with Crippen LogP contribution < -0.4 is 0 Å². The Balaban J connectivity index is 2.71. The van der Waals surface area contributed by atoms with Crippen molar-refractivity contribution in [3.63, 3.8) is 0 Å². The molecule has 0 heterocycles. The van der Waals surface area contributed by atoms with E-state index in [4.69, 9.17) is 9.47 Å². The van der Waals surface area contributed by atoms with E-state index in [-0.39, 0.29) is 18.0 Å². The number of carbonyl (C=O) groups excluding carboxylic acids is 1. The molecule has 0 aromatic carbocycles. The van der Waals surface area contributed by atoms with E-state index in [0.717, 1.165) is 0 Å². The summed E-state index contributed by atoms with van der Waals surface area (Å²) in [5.41, 5.74) is 0. The van der Waals surface area contributed by atoms with Gasteiger partial charge in [-0.2, -0.15) is 0 Å². The van der Waals surface area contributed by atoms with Gasteiger partial charge in [-0.1, -0.05) is 0 Å². The third-order valence-corrected chi connectivity index (χ3v) is 2.92. The zero-order valence-corrected chi connectivity index (χ0v) is 8.90. The van der Waals surface area contributed by atoms with Crippen molar-refractivity contribution in [2.24, 2.45) is 5.92 Å². The molecule has 0 aromatic rings. The van der Waals surface area contributed by atoms with E-state index >= 15 is 0 Å². The topological polar surface area (TPSA) is 55.8 Å². The van der Waals surface area contributed by atoms with Crippen LogP contribution in [0.1, 0.15) is 19.8 Å². The quantitative estimate of drug-likeness (QED) is 0.718. The predicted molar refractivity (Wildman–Crippen MR) is 51.0 cm³/mol. The molecule has 0 spiro atoms. The van der Waals surface area contributed by atoms with E-state index in [0.29, 0.717) is 12.8 Å². The summed E-state index contributed by atoms with van der Waals surface area (Å²) in [5.74, 6) is -0.412. The van der Waals surface area contributed by atoms with Gasteiger partial charge < -0.3 is 14.6 Å². The molecule has 4 heteroatoms. The van der Waals surface area contributed by atoms with Crippen LogP contribution in [0.5, 0.6) is 0 Å². The van der Waals surface area contributed by atoms with E-state index < -0.39 is 12.0 Å². The summed E-state index contributed by atoms with van der Waals surface area (Å²) in [5, 5.41) is 9.76. The third kappa shape index (κ3) is 2.32. The molecule has 4 atom stereocenters. The van der Waals surface area contributed by atoms with E-state index in [1.807, 2.05) is 0 Å². The van der Waals surface area contributed by atoms with Gasteiger partial charge in [0.1, 0.15) is 5.78 Å². The Kier molecular flexibility index (Phi) is 4.04. The summed E-state index contributed by atoms with van der Waals surface area (Å²) in [6, 6.07) is 0. The second-order valence-corrected chi connectivity index (χ2v) is 3.81. The molecule has 0 aliphatic heterocycles. The van der Waals surface area contributed by atoms with Crippen molar-refractivity contribution in [1.82, 2.24) is 0 Å². The maximum Gasteiger partial charge on any atom is 0.138 e. The molecule has 4 nitrogen and oxygen atoms in total. The smallest absolute Gasteiger partial charge is 0.138 e. The lowest BCUT2D eigenvalue weighted by atomic mass is 9.80. The molecule has 1 saturated carbocycles. The average Bonchev–Trinajstić information content (AvgIpc) is 2.15. The number of carbonyl (C=O) groups is 1. The van der Waals surface area contributed by atoms with Crippen LogP contribution in [0.2, 0.25) is 0 Å². The van der Waals surface area contributed by atoms with Crippen molar-refractivity contribution in [2.75, 3.05) is 14.2 Å². The highest BCUT2D eigenvalue weighted by molar-refractivity contribution is 5.79. The van der Waals surface area contributed by atoms with Gasteiger partial charge in [0.25, 0.3) is 0 Å². The van der Waals surface area contributed by atoms with Gasteiger partial charge in [-0.3, -0.25) is 4.79 Å². The molecule has 0 bridgehead atoms. The fourth-order valence-corrected chi connectivity index (χ4v) is 2.13. The van der Waals surface area contributed by atoms with Crippen LogP contribution in [-0.2, 0) is 14.3 Å². The highest BCUT2D eigenvalue weighted by atomic mass is 16.5. The average molecular weight is 202 g/mol. The Morgan fingerprint density at radius 1 is 1.29 bits per heavy atom. The molecule has 1 N–H and O–H groups in total. The Morgan fingerprint density at radius 3 is 2.36 bits per heavy atom. The number of hydrogen-bond donors (Lipinski definition) is 1. The summed E-state index contributed by atoms with van der Waals surface area (Å²) < 4.78 is 10.4.